The number of fused-ring (bicyclic) bond motifs is 3. The van der Waals surface area contributed by atoms with Gasteiger partial charge in [-0.2, -0.15) is 35.1 Å². The molecule has 0 aliphatic heterocycles. The molecule has 0 radical (unpaired) electrons. The van der Waals surface area contributed by atoms with Crippen molar-refractivity contribution in [1.82, 2.24) is 4.57 Å². The van der Waals surface area contributed by atoms with E-state index in [0.717, 1.165) is 19.2 Å². The lowest BCUT2D eigenvalue weighted by Crippen LogP contribution is -2.64. The SMILES string of the molecule is Cn1c2c(c3ccccc31)C(F)(F)C(F)(F)C(F)(F)C2(F)F. The Morgan fingerprint density at radius 3 is 1.86 bits per heavy atom. The summed E-state index contributed by atoms with van der Waals surface area (Å²) in [5.41, 5.74) is -3.82. The van der Waals surface area contributed by atoms with Gasteiger partial charge >= 0.3 is 23.7 Å². The molecular weight excluding hydrogens is 322 g/mol. The lowest BCUT2D eigenvalue weighted by atomic mass is 9.83. The standard InChI is InChI=1S/C13H7F8N/c1-22-7-5-3-2-4-6(7)8-9(22)11(16,17)13(20,21)12(18,19)10(8,14)15/h2-5H,1H3. The van der Waals surface area contributed by atoms with Gasteiger partial charge in [-0.1, -0.05) is 18.2 Å². The first-order chi connectivity index (χ1) is 9.89. The number of nitrogens with zero attached hydrogens (tertiary/aromatic N) is 1. The van der Waals surface area contributed by atoms with Gasteiger partial charge in [-0.05, 0) is 6.07 Å². The van der Waals surface area contributed by atoms with Gasteiger partial charge in [0.2, 0.25) is 0 Å². The lowest BCUT2D eigenvalue weighted by Gasteiger charge is -2.41. The fourth-order valence-electron chi connectivity index (χ4n) is 2.78. The number of aromatic nitrogens is 1. The van der Waals surface area contributed by atoms with Gasteiger partial charge in [0.25, 0.3) is 0 Å². The van der Waals surface area contributed by atoms with Crippen LogP contribution in [0.15, 0.2) is 24.3 Å². The molecule has 1 aliphatic rings. The second-order valence-electron chi connectivity index (χ2n) is 5.10. The maximum atomic E-state index is 14.0. The highest BCUT2D eigenvalue weighted by molar-refractivity contribution is 5.87. The molecule has 9 heteroatoms. The summed E-state index contributed by atoms with van der Waals surface area (Å²) in [6.07, 6.45) is 0. The van der Waals surface area contributed by atoms with Crippen molar-refractivity contribution < 1.29 is 35.1 Å². The molecule has 0 saturated heterocycles. The number of benzene rings is 1. The highest BCUT2D eigenvalue weighted by atomic mass is 19.4. The van der Waals surface area contributed by atoms with Crippen LogP contribution in [0.2, 0.25) is 0 Å². The molecule has 1 aromatic heterocycles. The Labute approximate surface area is 118 Å². The van der Waals surface area contributed by atoms with Crippen molar-refractivity contribution in [3.63, 3.8) is 0 Å². The third kappa shape index (κ3) is 1.31. The minimum atomic E-state index is -6.22. The Hall–Kier alpha value is -1.80. The van der Waals surface area contributed by atoms with Crippen LogP contribution in [-0.2, 0) is 18.9 Å². The van der Waals surface area contributed by atoms with E-state index in [0.29, 0.717) is 4.57 Å². The van der Waals surface area contributed by atoms with Crippen LogP contribution in [0.1, 0.15) is 11.3 Å². The van der Waals surface area contributed by atoms with E-state index in [4.69, 9.17) is 0 Å². The fraction of sp³-hybridized carbons (Fsp3) is 0.385. The summed E-state index contributed by atoms with van der Waals surface area (Å²) in [6, 6.07) is 4.48. The largest absolute Gasteiger partial charge is 0.384 e. The third-order valence-electron chi connectivity index (χ3n) is 3.90. The van der Waals surface area contributed by atoms with Crippen molar-refractivity contribution in [3.8, 4) is 0 Å². The number of hydrogen-bond donors (Lipinski definition) is 0. The predicted molar refractivity (Wildman–Crippen MR) is 60.6 cm³/mol. The molecular formula is C13H7F8N. The number of hydrogen-bond acceptors (Lipinski definition) is 0. The number of alkyl halides is 8. The monoisotopic (exact) mass is 329 g/mol. The van der Waals surface area contributed by atoms with Gasteiger partial charge in [0.15, 0.2) is 0 Å². The molecule has 0 unspecified atom stereocenters. The molecule has 1 aliphatic carbocycles. The molecule has 120 valence electrons. The molecule has 0 spiro atoms. The van der Waals surface area contributed by atoms with Crippen LogP contribution < -0.4 is 0 Å². The molecule has 0 amide bonds. The van der Waals surface area contributed by atoms with Crippen molar-refractivity contribution in [2.24, 2.45) is 7.05 Å². The Balaban J connectivity index is 2.57. The minimum Gasteiger partial charge on any atom is -0.342 e. The first-order valence-electron chi connectivity index (χ1n) is 5.98. The predicted octanol–water partition coefficient (Wildman–Crippen LogP) is 4.65. The minimum absolute atomic E-state index is 0.264. The number of rotatable bonds is 0. The molecule has 22 heavy (non-hydrogen) atoms. The van der Waals surface area contributed by atoms with Gasteiger partial charge < -0.3 is 4.57 Å². The highest BCUT2D eigenvalue weighted by Gasteiger charge is 2.86. The van der Waals surface area contributed by atoms with Gasteiger partial charge in [0.1, 0.15) is 5.69 Å². The molecule has 1 heterocycles. The molecule has 0 atom stereocenters. The summed E-state index contributed by atoms with van der Waals surface area (Å²) in [7, 11) is 0.852. The number of halogens is 8. The molecule has 3 rings (SSSR count). The Bertz CT molecular complexity index is 774. The van der Waals surface area contributed by atoms with Crippen molar-refractivity contribution in [1.29, 1.82) is 0 Å². The molecule has 0 fully saturated rings. The van der Waals surface area contributed by atoms with Crippen molar-refractivity contribution >= 4 is 10.9 Å². The second-order valence-corrected chi connectivity index (χ2v) is 5.10. The van der Waals surface area contributed by atoms with Crippen LogP contribution in [-0.4, -0.2) is 16.4 Å². The summed E-state index contributed by atoms with van der Waals surface area (Å²) in [4.78, 5) is 0. The fourth-order valence-corrected chi connectivity index (χ4v) is 2.78. The molecule has 0 N–H and O–H groups in total. The van der Waals surface area contributed by atoms with Crippen LogP contribution in [0.3, 0.4) is 0 Å². The average Bonchev–Trinajstić information content (AvgIpc) is 2.72. The van der Waals surface area contributed by atoms with E-state index < -0.39 is 40.3 Å². The van der Waals surface area contributed by atoms with Crippen LogP contribution in [0, 0.1) is 0 Å². The Morgan fingerprint density at radius 1 is 0.773 bits per heavy atom. The topological polar surface area (TPSA) is 4.93 Å². The van der Waals surface area contributed by atoms with Crippen molar-refractivity contribution in [2.75, 3.05) is 0 Å². The van der Waals surface area contributed by atoms with Gasteiger partial charge in [-0.15, -0.1) is 0 Å². The maximum absolute atomic E-state index is 14.0. The number of para-hydroxylation sites is 1. The molecule has 0 saturated carbocycles. The number of aryl methyl sites for hydroxylation is 1. The van der Waals surface area contributed by atoms with Crippen LogP contribution >= 0.6 is 0 Å². The zero-order valence-corrected chi connectivity index (χ0v) is 10.8. The smallest absolute Gasteiger partial charge is 0.342 e. The first kappa shape index (κ1) is 15.1. The maximum Gasteiger partial charge on any atom is 0.384 e. The van der Waals surface area contributed by atoms with E-state index in [1.54, 1.807) is 0 Å². The van der Waals surface area contributed by atoms with Gasteiger partial charge in [-0.3, -0.25) is 0 Å². The zero-order valence-electron chi connectivity index (χ0n) is 10.8. The summed E-state index contributed by atoms with van der Waals surface area (Å²) in [5, 5.41) is -0.611. The van der Waals surface area contributed by atoms with Gasteiger partial charge in [0.05, 0.1) is 5.56 Å². The van der Waals surface area contributed by atoms with E-state index in [9.17, 15) is 35.1 Å². The van der Waals surface area contributed by atoms with Crippen molar-refractivity contribution in [2.45, 2.75) is 23.7 Å². The molecule has 1 nitrogen and oxygen atoms in total. The normalized spacial score (nSPS) is 24.2. The quantitative estimate of drug-likeness (QED) is 0.620. The summed E-state index contributed by atoms with van der Waals surface area (Å²) in [6.45, 7) is 0. The highest BCUT2D eigenvalue weighted by Crippen LogP contribution is 2.65. The van der Waals surface area contributed by atoms with E-state index in [1.165, 1.54) is 12.1 Å². The summed E-state index contributed by atoms with van der Waals surface area (Å²) in [5.74, 6) is -23.3. The summed E-state index contributed by atoms with van der Waals surface area (Å²) >= 11 is 0. The summed E-state index contributed by atoms with van der Waals surface area (Å²) < 4.78 is 110. The zero-order chi connectivity index (χ0) is 16.7. The second kappa shape index (κ2) is 3.75. The van der Waals surface area contributed by atoms with Crippen LogP contribution in [0.4, 0.5) is 35.1 Å². The Kier molecular flexibility index (Phi) is 2.57. The molecule has 2 aromatic rings. The van der Waals surface area contributed by atoms with Crippen LogP contribution in [0.25, 0.3) is 10.9 Å². The lowest BCUT2D eigenvalue weighted by molar-refractivity contribution is -0.387. The van der Waals surface area contributed by atoms with Gasteiger partial charge in [0, 0.05) is 18.0 Å². The van der Waals surface area contributed by atoms with E-state index in [1.807, 2.05) is 0 Å². The molecule has 0 bridgehead atoms. The third-order valence-corrected chi connectivity index (χ3v) is 3.90. The van der Waals surface area contributed by atoms with Crippen molar-refractivity contribution in [3.05, 3.63) is 35.5 Å². The van der Waals surface area contributed by atoms with Crippen LogP contribution in [0.5, 0.6) is 0 Å². The Morgan fingerprint density at radius 2 is 1.27 bits per heavy atom. The molecule has 1 aromatic carbocycles. The van der Waals surface area contributed by atoms with E-state index in [2.05, 4.69) is 0 Å². The van der Waals surface area contributed by atoms with Gasteiger partial charge in [-0.25, -0.2) is 0 Å². The van der Waals surface area contributed by atoms with E-state index in [-0.39, 0.29) is 5.52 Å². The first-order valence-corrected chi connectivity index (χ1v) is 5.98. The average molecular weight is 329 g/mol. The van der Waals surface area contributed by atoms with E-state index >= 15 is 0 Å².